The van der Waals surface area contributed by atoms with Crippen LogP contribution in [-0.2, 0) is 4.79 Å². The van der Waals surface area contributed by atoms with E-state index in [2.05, 4.69) is 21.2 Å². The van der Waals surface area contributed by atoms with Gasteiger partial charge in [-0.1, -0.05) is 30.9 Å². The van der Waals surface area contributed by atoms with Gasteiger partial charge in [0.05, 0.1) is 5.02 Å². The fourth-order valence-electron chi connectivity index (χ4n) is 2.71. The third kappa shape index (κ3) is 4.20. The molecule has 0 radical (unpaired) electrons. The van der Waals surface area contributed by atoms with Crippen LogP contribution in [0.5, 0.6) is 0 Å². The van der Waals surface area contributed by atoms with Crippen molar-refractivity contribution in [3.63, 3.8) is 0 Å². The Morgan fingerprint density at radius 2 is 1.95 bits per heavy atom. The van der Waals surface area contributed by atoms with Crippen molar-refractivity contribution in [3.05, 3.63) is 33.3 Å². The summed E-state index contributed by atoms with van der Waals surface area (Å²) < 4.78 is 0.612. The van der Waals surface area contributed by atoms with Crippen molar-refractivity contribution in [2.24, 2.45) is 5.92 Å². The molecule has 0 saturated heterocycles. The smallest absolute Gasteiger partial charge is 0.326 e. The number of hydrogen-bond donors (Lipinski definition) is 2. The molecule has 0 bridgehead atoms. The van der Waals surface area contributed by atoms with Gasteiger partial charge in [0.2, 0.25) is 0 Å². The summed E-state index contributed by atoms with van der Waals surface area (Å²) in [7, 11) is 0. The Balaban J connectivity index is 2.10. The Hall–Kier alpha value is -1.07. The van der Waals surface area contributed by atoms with Gasteiger partial charge in [-0.05, 0) is 52.9 Å². The fourth-order valence-corrected chi connectivity index (χ4v) is 3.21. The largest absolute Gasteiger partial charge is 0.480 e. The molecule has 114 valence electrons. The summed E-state index contributed by atoms with van der Waals surface area (Å²) in [6, 6.07) is 3.96. The van der Waals surface area contributed by atoms with Gasteiger partial charge in [-0.2, -0.15) is 0 Å². The first-order valence-corrected chi connectivity index (χ1v) is 8.15. The third-order valence-electron chi connectivity index (χ3n) is 3.86. The minimum atomic E-state index is -0.969. The number of aliphatic carboxylic acids is 1. The van der Waals surface area contributed by atoms with E-state index in [1.165, 1.54) is 0 Å². The number of amides is 1. The Bertz CT molecular complexity index is 544. The maximum absolute atomic E-state index is 12.2. The van der Waals surface area contributed by atoms with Crippen LogP contribution in [0.25, 0.3) is 0 Å². The summed E-state index contributed by atoms with van der Waals surface area (Å²) in [5.74, 6) is -1.34. The van der Waals surface area contributed by atoms with E-state index in [1.54, 1.807) is 18.2 Å². The predicted molar refractivity (Wildman–Crippen MR) is 84.6 cm³/mol. The van der Waals surface area contributed by atoms with Crippen LogP contribution in [0.3, 0.4) is 0 Å². The second kappa shape index (κ2) is 7.27. The summed E-state index contributed by atoms with van der Waals surface area (Å²) in [5, 5.41) is 12.5. The van der Waals surface area contributed by atoms with Crippen molar-refractivity contribution in [2.75, 3.05) is 0 Å². The van der Waals surface area contributed by atoms with Gasteiger partial charge in [-0.15, -0.1) is 0 Å². The van der Waals surface area contributed by atoms with Crippen molar-refractivity contribution in [2.45, 2.75) is 38.1 Å². The van der Waals surface area contributed by atoms with E-state index >= 15 is 0 Å². The fraction of sp³-hybridized carbons (Fsp3) is 0.467. The molecule has 1 atom stereocenters. The number of benzene rings is 1. The summed E-state index contributed by atoms with van der Waals surface area (Å²) in [6.45, 7) is 0. The zero-order valence-corrected chi connectivity index (χ0v) is 13.8. The molecule has 2 N–H and O–H groups in total. The van der Waals surface area contributed by atoms with Crippen LogP contribution in [0.4, 0.5) is 0 Å². The molecule has 6 heteroatoms. The quantitative estimate of drug-likeness (QED) is 0.841. The second-order valence-electron chi connectivity index (χ2n) is 5.32. The number of nitrogens with one attached hydrogen (secondary N) is 1. The van der Waals surface area contributed by atoms with Gasteiger partial charge in [-0.3, -0.25) is 4.79 Å². The molecule has 4 nitrogen and oxygen atoms in total. The molecule has 0 aromatic heterocycles. The predicted octanol–water partition coefficient (Wildman–Crippen LogP) is 3.87. The van der Waals surface area contributed by atoms with E-state index in [0.717, 1.165) is 32.1 Å². The monoisotopic (exact) mass is 373 g/mol. The molecule has 1 saturated carbocycles. The minimum Gasteiger partial charge on any atom is -0.480 e. The number of carbonyl (C=O) groups excluding carboxylic acids is 1. The molecule has 1 amide bonds. The van der Waals surface area contributed by atoms with Crippen molar-refractivity contribution in [1.82, 2.24) is 5.32 Å². The normalized spacial score (nSPS) is 17.2. The van der Waals surface area contributed by atoms with Gasteiger partial charge in [0, 0.05) is 10.0 Å². The van der Waals surface area contributed by atoms with Crippen LogP contribution in [0.1, 0.15) is 42.5 Å². The number of rotatable bonds is 4. The molecule has 21 heavy (non-hydrogen) atoms. The van der Waals surface area contributed by atoms with Crippen molar-refractivity contribution >= 4 is 39.4 Å². The zero-order chi connectivity index (χ0) is 15.4. The number of carboxylic acid groups (broad SMARTS) is 1. The van der Waals surface area contributed by atoms with Crippen LogP contribution < -0.4 is 5.32 Å². The van der Waals surface area contributed by atoms with Crippen LogP contribution in [-0.4, -0.2) is 23.0 Å². The van der Waals surface area contributed by atoms with Crippen molar-refractivity contribution < 1.29 is 14.7 Å². The summed E-state index contributed by atoms with van der Waals surface area (Å²) in [4.78, 5) is 23.7. The molecule has 1 aromatic carbocycles. The Morgan fingerprint density at radius 3 is 2.52 bits per heavy atom. The van der Waals surface area contributed by atoms with E-state index in [9.17, 15) is 14.7 Å². The summed E-state index contributed by atoms with van der Waals surface area (Å²) >= 11 is 9.15. The molecule has 1 unspecified atom stereocenters. The topological polar surface area (TPSA) is 66.4 Å². The Morgan fingerprint density at radius 1 is 1.29 bits per heavy atom. The highest BCUT2D eigenvalue weighted by Gasteiger charge is 2.30. The molecule has 1 fully saturated rings. The van der Waals surface area contributed by atoms with Gasteiger partial charge < -0.3 is 10.4 Å². The van der Waals surface area contributed by atoms with Crippen molar-refractivity contribution in [3.8, 4) is 0 Å². The first-order valence-electron chi connectivity index (χ1n) is 6.98. The molecule has 1 aliphatic rings. The first kappa shape index (κ1) is 16.3. The van der Waals surface area contributed by atoms with E-state index in [4.69, 9.17) is 11.6 Å². The number of halogens is 2. The minimum absolute atomic E-state index is 0.0101. The van der Waals surface area contributed by atoms with Crippen LogP contribution in [0.15, 0.2) is 22.7 Å². The number of carbonyl (C=O) groups is 2. The summed E-state index contributed by atoms with van der Waals surface area (Å²) in [6.07, 6.45) is 4.89. The number of carboxylic acids is 1. The van der Waals surface area contributed by atoms with Crippen LogP contribution >= 0.6 is 27.5 Å². The van der Waals surface area contributed by atoms with E-state index in [1.807, 2.05) is 0 Å². The molecule has 0 heterocycles. The maximum Gasteiger partial charge on any atom is 0.326 e. The third-order valence-corrected chi connectivity index (χ3v) is 5.07. The molecular formula is C15H17BrClNO3. The molecule has 1 aliphatic carbocycles. The molecular weight excluding hydrogens is 358 g/mol. The van der Waals surface area contributed by atoms with Gasteiger partial charge in [0.1, 0.15) is 6.04 Å². The average Bonchev–Trinajstić information content (AvgIpc) is 2.48. The molecule has 0 spiro atoms. The van der Waals surface area contributed by atoms with Gasteiger partial charge in [0.25, 0.3) is 5.91 Å². The van der Waals surface area contributed by atoms with Gasteiger partial charge >= 0.3 is 5.97 Å². The molecule has 1 aromatic rings. The lowest BCUT2D eigenvalue weighted by molar-refractivity contribution is -0.141. The van der Waals surface area contributed by atoms with Gasteiger partial charge in [0.15, 0.2) is 0 Å². The highest BCUT2D eigenvalue weighted by atomic mass is 79.9. The Labute approximate surface area is 137 Å². The highest BCUT2D eigenvalue weighted by molar-refractivity contribution is 9.10. The maximum atomic E-state index is 12.2. The standard InChI is InChI=1S/C15H17BrClNO3/c16-11-8-10(6-7-12(11)17)14(19)18-13(15(20)21)9-4-2-1-3-5-9/h6-9,13H,1-5H2,(H,18,19)(H,20,21). The second-order valence-corrected chi connectivity index (χ2v) is 6.58. The van der Waals surface area contributed by atoms with E-state index in [-0.39, 0.29) is 11.8 Å². The van der Waals surface area contributed by atoms with E-state index < -0.39 is 12.0 Å². The lowest BCUT2D eigenvalue weighted by atomic mass is 9.84. The van der Waals surface area contributed by atoms with Crippen molar-refractivity contribution in [1.29, 1.82) is 0 Å². The zero-order valence-electron chi connectivity index (χ0n) is 11.4. The number of hydrogen-bond acceptors (Lipinski definition) is 2. The summed E-state index contributed by atoms with van der Waals surface area (Å²) in [5.41, 5.74) is 0.397. The molecule has 2 rings (SSSR count). The first-order chi connectivity index (χ1) is 9.99. The lowest BCUT2D eigenvalue weighted by Crippen LogP contribution is -2.46. The molecule has 0 aliphatic heterocycles. The SMILES string of the molecule is O=C(NC(C(=O)O)C1CCCCC1)c1ccc(Cl)c(Br)c1. The van der Waals surface area contributed by atoms with E-state index in [0.29, 0.717) is 15.1 Å². The van der Waals surface area contributed by atoms with Crippen LogP contribution in [0.2, 0.25) is 5.02 Å². The lowest BCUT2D eigenvalue weighted by Gasteiger charge is -2.28. The highest BCUT2D eigenvalue weighted by Crippen LogP contribution is 2.27. The Kier molecular flexibility index (Phi) is 5.65. The average molecular weight is 375 g/mol. The van der Waals surface area contributed by atoms with Crippen LogP contribution in [0, 0.1) is 5.92 Å². The van der Waals surface area contributed by atoms with Gasteiger partial charge in [-0.25, -0.2) is 4.79 Å².